The van der Waals surface area contributed by atoms with Crippen LogP contribution in [-0.4, -0.2) is 4.92 Å². The van der Waals surface area contributed by atoms with Gasteiger partial charge >= 0.3 is 0 Å². The van der Waals surface area contributed by atoms with Crippen molar-refractivity contribution < 1.29 is 9.34 Å². The third-order valence-electron chi connectivity index (χ3n) is 2.77. The number of nitro benzene ring substituents is 1. The normalized spacial score (nSPS) is 12.3. The number of alkyl halides is 1. The Morgan fingerprint density at radius 2 is 2.11 bits per heavy atom. The Balaban J connectivity index is 2.25. The molecular formula is C13H12ClNO3. The molecule has 0 radical (unpaired) electrons. The standard InChI is InChI=1S/C13H12ClNO3/c1-9-6-7-18-13(9)11(14)8-10-4-2-3-5-12(10)15(16)17/h2-7,11H,8H2,1H3. The Hall–Kier alpha value is -1.81. The molecule has 2 rings (SSSR count). The topological polar surface area (TPSA) is 56.3 Å². The Morgan fingerprint density at radius 3 is 2.72 bits per heavy atom. The van der Waals surface area contributed by atoms with E-state index in [9.17, 15) is 10.1 Å². The van der Waals surface area contributed by atoms with Gasteiger partial charge < -0.3 is 4.42 Å². The van der Waals surface area contributed by atoms with Crippen LogP contribution in [0.1, 0.15) is 22.3 Å². The van der Waals surface area contributed by atoms with Gasteiger partial charge in [0.1, 0.15) is 5.76 Å². The summed E-state index contributed by atoms with van der Waals surface area (Å²) in [6.07, 6.45) is 1.94. The number of hydrogen-bond acceptors (Lipinski definition) is 3. The van der Waals surface area contributed by atoms with E-state index < -0.39 is 10.3 Å². The summed E-state index contributed by atoms with van der Waals surface area (Å²) in [5, 5.41) is 10.5. The zero-order valence-electron chi connectivity index (χ0n) is 9.80. The van der Waals surface area contributed by atoms with Gasteiger partial charge in [-0.1, -0.05) is 18.2 Å². The Labute approximate surface area is 109 Å². The van der Waals surface area contributed by atoms with Gasteiger partial charge in [0.25, 0.3) is 5.69 Å². The van der Waals surface area contributed by atoms with Crippen molar-refractivity contribution in [3.63, 3.8) is 0 Å². The first kappa shape index (κ1) is 12.6. The Bertz CT molecular complexity index is 565. The number of aryl methyl sites for hydroxylation is 1. The van der Waals surface area contributed by atoms with Crippen molar-refractivity contribution in [1.29, 1.82) is 0 Å². The van der Waals surface area contributed by atoms with E-state index in [1.165, 1.54) is 6.07 Å². The van der Waals surface area contributed by atoms with Crippen LogP contribution in [0, 0.1) is 17.0 Å². The van der Waals surface area contributed by atoms with Crippen LogP contribution >= 0.6 is 11.6 Å². The first-order chi connectivity index (χ1) is 8.59. The number of nitro groups is 1. The van der Waals surface area contributed by atoms with Crippen LogP contribution in [0.4, 0.5) is 5.69 Å². The molecule has 1 aromatic heterocycles. The molecule has 1 unspecified atom stereocenters. The molecule has 5 heteroatoms. The minimum Gasteiger partial charge on any atom is -0.467 e. The van der Waals surface area contributed by atoms with Gasteiger partial charge in [0.15, 0.2) is 0 Å². The molecule has 2 aromatic rings. The van der Waals surface area contributed by atoms with E-state index in [1.54, 1.807) is 24.5 Å². The van der Waals surface area contributed by atoms with E-state index >= 15 is 0 Å². The van der Waals surface area contributed by atoms with Crippen molar-refractivity contribution in [3.8, 4) is 0 Å². The molecule has 0 aliphatic heterocycles. The third-order valence-corrected chi connectivity index (χ3v) is 3.13. The smallest absolute Gasteiger partial charge is 0.272 e. The fourth-order valence-electron chi connectivity index (χ4n) is 1.85. The van der Waals surface area contributed by atoms with Gasteiger partial charge in [0.2, 0.25) is 0 Å². The summed E-state index contributed by atoms with van der Waals surface area (Å²) in [6, 6.07) is 8.42. The highest BCUT2D eigenvalue weighted by atomic mass is 35.5. The van der Waals surface area contributed by atoms with Gasteiger partial charge in [-0.25, -0.2) is 0 Å². The highest BCUT2D eigenvalue weighted by molar-refractivity contribution is 6.20. The lowest BCUT2D eigenvalue weighted by molar-refractivity contribution is -0.385. The highest BCUT2D eigenvalue weighted by Gasteiger charge is 2.20. The molecule has 94 valence electrons. The maximum atomic E-state index is 10.9. The minimum absolute atomic E-state index is 0.0901. The predicted octanol–water partition coefficient (Wildman–Crippen LogP) is 4.02. The highest BCUT2D eigenvalue weighted by Crippen LogP contribution is 2.31. The van der Waals surface area contributed by atoms with E-state index in [0.29, 0.717) is 17.7 Å². The van der Waals surface area contributed by atoms with E-state index in [4.69, 9.17) is 16.0 Å². The summed E-state index contributed by atoms with van der Waals surface area (Å²) in [6.45, 7) is 1.90. The van der Waals surface area contributed by atoms with Crippen LogP contribution < -0.4 is 0 Å². The van der Waals surface area contributed by atoms with E-state index in [1.807, 2.05) is 13.0 Å². The molecule has 4 nitrogen and oxygen atoms in total. The molecule has 0 N–H and O–H groups in total. The van der Waals surface area contributed by atoms with Crippen LogP contribution in [0.3, 0.4) is 0 Å². The zero-order chi connectivity index (χ0) is 13.1. The summed E-state index contributed by atoms with van der Waals surface area (Å²) in [5.41, 5.74) is 1.65. The van der Waals surface area contributed by atoms with Crippen molar-refractivity contribution in [1.82, 2.24) is 0 Å². The molecule has 0 saturated heterocycles. The van der Waals surface area contributed by atoms with Gasteiger partial charge in [0, 0.05) is 18.1 Å². The SMILES string of the molecule is Cc1ccoc1C(Cl)Cc1ccccc1[N+](=O)[O-]. The van der Waals surface area contributed by atoms with Gasteiger partial charge in [-0.3, -0.25) is 10.1 Å². The van der Waals surface area contributed by atoms with E-state index in [0.717, 1.165) is 5.56 Å². The van der Waals surface area contributed by atoms with Gasteiger partial charge in [0.05, 0.1) is 16.6 Å². The van der Waals surface area contributed by atoms with Crippen LogP contribution in [0.5, 0.6) is 0 Å². The molecule has 0 aliphatic carbocycles. The van der Waals surface area contributed by atoms with Crippen molar-refractivity contribution in [2.45, 2.75) is 18.7 Å². The number of nitrogens with zero attached hydrogens (tertiary/aromatic N) is 1. The molecule has 0 bridgehead atoms. The lowest BCUT2D eigenvalue weighted by Gasteiger charge is -2.08. The monoisotopic (exact) mass is 265 g/mol. The van der Waals surface area contributed by atoms with Gasteiger partial charge in [-0.2, -0.15) is 0 Å². The molecule has 1 aromatic carbocycles. The summed E-state index contributed by atoms with van der Waals surface area (Å²) < 4.78 is 5.30. The van der Waals surface area contributed by atoms with Crippen molar-refractivity contribution in [3.05, 3.63) is 63.6 Å². The summed E-state index contributed by atoms with van der Waals surface area (Å²) in [5.74, 6) is 0.662. The average molecular weight is 266 g/mol. The number of furan rings is 1. The molecule has 0 spiro atoms. The third kappa shape index (κ3) is 2.54. The molecule has 0 saturated carbocycles. The molecule has 1 heterocycles. The maximum absolute atomic E-state index is 10.9. The second-order valence-electron chi connectivity index (χ2n) is 4.03. The first-order valence-electron chi connectivity index (χ1n) is 5.50. The van der Waals surface area contributed by atoms with Crippen molar-refractivity contribution in [2.75, 3.05) is 0 Å². The Morgan fingerprint density at radius 1 is 1.39 bits per heavy atom. The summed E-state index contributed by atoms with van der Waals surface area (Å²) in [7, 11) is 0. The van der Waals surface area contributed by atoms with Crippen LogP contribution in [-0.2, 0) is 6.42 Å². The number of para-hydroxylation sites is 1. The van der Waals surface area contributed by atoms with Gasteiger partial charge in [-0.05, 0) is 18.6 Å². The molecular weight excluding hydrogens is 254 g/mol. The largest absolute Gasteiger partial charge is 0.467 e. The Kier molecular flexibility index (Phi) is 3.67. The van der Waals surface area contributed by atoms with E-state index in [-0.39, 0.29) is 5.69 Å². The first-order valence-corrected chi connectivity index (χ1v) is 5.93. The van der Waals surface area contributed by atoms with Gasteiger partial charge in [-0.15, -0.1) is 11.6 Å². The second kappa shape index (κ2) is 5.23. The number of benzene rings is 1. The number of hydrogen-bond donors (Lipinski definition) is 0. The molecule has 0 fully saturated rings. The van der Waals surface area contributed by atoms with Crippen LogP contribution in [0.25, 0.3) is 0 Å². The second-order valence-corrected chi connectivity index (χ2v) is 4.55. The zero-order valence-corrected chi connectivity index (χ0v) is 10.6. The van der Waals surface area contributed by atoms with E-state index in [2.05, 4.69) is 0 Å². The predicted molar refractivity (Wildman–Crippen MR) is 68.8 cm³/mol. The fourth-order valence-corrected chi connectivity index (χ4v) is 2.24. The maximum Gasteiger partial charge on any atom is 0.272 e. The summed E-state index contributed by atoms with van der Waals surface area (Å²) >= 11 is 6.25. The number of halogens is 1. The molecule has 18 heavy (non-hydrogen) atoms. The van der Waals surface area contributed by atoms with Crippen LogP contribution in [0.15, 0.2) is 41.0 Å². The molecule has 1 atom stereocenters. The van der Waals surface area contributed by atoms with Crippen molar-refractivity contribution in [2.24, 2.45) is 0 Å². The summed E-state index contributed by atoms with van der Waals surface area (Å²) in [4.78, 5) is 10.5. The fraction of sp³-hybridized carbons (Fsp3) is 0.231. The van der Waals surface area contributed by atoms with Crippen molar-refractivity contribution >= 4 is 17.3 Å². The minimum atomic E-state index is -0.402. The van der Waals surface area contributed by atoms with Crippen LogP contribution in [0.2, 0.25) is 0 Å². The lowest BCUT2D eigenvalue weighted by atomic mass is 10.0. The quantitative estimate of drug-likeness (QED) is 0.477. The lowest BCUT2D eigenvalue weighted by Crippen LogP contribution is -2.00. The number of rotatable bonds is 4. The average Bonchev–Trinajstić information content (AvgIpc) is 2.76. The molecule has 0 aliphatic rings. The molecule has 0 amide bonds.